The molecule has 4 nitrogen and oxygen atoms in total. The minimum Gasteiger partial charge on any atom is -0.461 e. The Bertz CT molecular complexity index is 452. The van der Waals surface area contributed by atoms with Crippen molar-refractivity contribution in [3.63, 3.8) is 0 Å². The number of rotatable bonds is 3. The number of hydrogen-bond donors (Lipinski definition) is 0. The molecule has 0 saturated heterocycles. The van der Waals surface area contributed by atoms with E-state index in [-0.39, 0.29) is 6.61 Å². The van der Waals surface area contributed by atoms with Crippen LogP contribution in [0.25, 0.3) is 0 Å². The molecule has 0 aliphatic carbocycles. The van der Waals surface area contributed by atoms with Gasteiger partial charge in [0, 0.05) is 6.92 Å². The molecule has 1 rings (SSSR count). The summed E-state index contributed by atoms with van der Waals surface area (Å²) in [5, 5.41) is 0. The van der Waals surface area contributed by atoms with E-state index in [2.05, 4.69) is 14.1 Å². The molecule has 102 valence electrons. The predicted molar refractivity (Wildman–Crippen MR) is 47.1 cm³/mol. The van der Waals surface area contributed by atoms with Crippen molar-refractivity contribution in [2.24, 2.45) is 0 Å². The lowest BCUT2D eigenvalue weighted by molar-refractivity contribution is -0.295. The lowest BCUT2D eigenvalue weighted by Crippen LogP contribution is -2.34. The molecule has 1 heterocycles. The summed E-state index contributed by atoms with van der Waals surface area (Å²) in [6, 6.07) is 0. The van der Waals surface area contributed by atoms with Gasteiger partial charge in [0.25, 0.3) is 0 Å². The second kappa shape index (κ2) is 4.54. The van der Waals surface area contributed by atoms with E-state index in [1.165, 1.54) is 6.92 Å². The molecule has 0 saturated carbocycles. The number of oxazole rings is 1. The Balaban J connectivity index is 3.29. The van der Waals surface area contributed by atoms with Crippen LogP contribution in [0.15, 0.2) is 4.42 Å². The van der Waals surface area contributed by atoms with E-state index < -0.39 is 35.4 Å². The van der Waals surface area contributed by atoms with Gasteiger partial charge in [-0.05, 0) is 6.92 Å². The summed E-state index contributed by atoms with van der Waals surface area (Å²) in [7, 11) is 0. The molecule has 0 fully saturated rings. The van der Waals surface area contributed by atoms with Gasteiger partial charge in [-0.3, -0.25) is 0 Å². The van der Waals surface area contributed by atoms with Crippen LogP contribution in [-0.4, -0.2) is 23.7 Å². The zero-order chi connectivity index (χ0) is 14.1. The molecule has 0 aromatic carbocycles. The average Bonchev–Trinajstić information content (AvgIpc) is 2.59. The van der Waals surface area contributed by atoms with Gasteiger partial charge in [0.15, 0.2) is 11.6 Å². The highest BCUT2D eigenvalue weighted by atomic mass is 19.4. The van der Waals surface area contributed by atoms with Crippen molar-refractivity contribution >= 4 is 5.97 Å². The third kappa shape index (κ3) is 2.44. The molecule has 0 N–H and O–H groups in total. The first-order valence-corrected chi connectivity index (χ1v) is 4.70. The highest BCUT2D eigenvalue weighted by molar-refractivity contribution is 5.88. The largest absolute Gasteiger partial charge is 0.461 e. The van der Waals surface area contributed by atoms with Crippen LogP contribution in [0.4, 0.5) is 22.0 Å². The molecule has 18 heavy (non-hydrogen) atoms. The van der Waals surface area contributed by atoms with Crippen molar-refractivity contribution in [3.05, 3.63) is 17.3 Å². The van der Waals surface area contributed by atoms with Gasteiger partial charge in [-0.2, -0.15) is 22.0 Å². The Hall–Kier alpha value is -1.67. The normalized spacial score (nSPS) is 12.6. The molecule has 0 radical (unpaired) electrons. The molecule has 0 amide bonds. The highest BCUT2D eigenvalue weighted by Gasteiger charge is 2.63. The fraction of sp³-hybridized carbons (Fsp3) is 0.556. The quantitative estimate of drug-likeness (QED) is 0.627. The summed E-state index contributed by atoms with van der Waals surface area (Å²) < 4.78 is 71.2. The number of halogens is 5. The summed E-state index contributed by atoms with van der Waals surface area (Å²) >= 11 is 0. The van der Waals surface area contributed by atoms with Crippen LogP contribution < -0.4 is 0 Å². The Morgan fingerprint density at radius 3 is 2.33 bits per heavy atom. The van der Waals surface area contributed by atoms with Gasteiger partial charge in [0.2, 0.25) is 5.76 Å². The van der Waals surface area contributed by atoms with E-state index in [1.54, 1.807) is 0 Å². The Morgan fingerprint density at radius 2 is 1.89 bits per heavy atom. The first kappa shape index (κ1) is 14.4. The molecular formula is C9H8F5NO3. The number of esters is 1. The van der Waals surface area contributed by atoms with Crippen LogP contribution in [0.5, 0.6) is 0 Å². The van der Waals surface area contributed by atoms with E-state index in [9.17, 15) is 26.7 Å². The van der Waals surface area contributed by atoms with Gasteiger partial charge in [-0.15, -0.1) is 0 Å². The third-order valence-electron chi connectivity index (χ3n) is 1.84. The average molecular weight is 273 g/mol. The van der Waals surface area contributed by atoms with E-state index >= 15 is 0 Å². The summed E-state index contributed by atoms with van der Waals surface area (Å²) in [5.74, 6) is -9.05. The van der Waals surface area contributed by atoms with Crippen LogP contribution in [0, 0.1) is 6.92 Å². The Morgan fingerprint density at radius 1 is 1.33 bits per heavy atom. The summed E-state index contributed by atoms with van der Waals surface area (Å²) in [4.78, 5) is 14.4. The molecule has 0 bridgehead atoms. The predicted octanol–water partition coefficient (Wildman–Crippen LogP) is 2.81. The van der Waals surface area contributed by atoms with Crippen molar-refractivity contribution in [1.29, 1.82) is 0 Å². The first-order chi connectivity index (χ1) is 8.11. The molecule has 0 spiro atoms. The van der Waals surface area contributed by atoms with Gasteiger partial charge in [0.1, 0.15) is 0 Å². The van der Waals surface area contributed by atoms with Crippen molar-refractivity contribution in [2.45, 2.75) is 25.9 Å². The van der Waals surface area contributed by atoms with Crippen LogP contribution >= 0.6 is 0 Å². The van der Waals surface area contributed by atoms with Crippen LogP contribution in [0.3, 0.4) is 0 Å². The van der Waals surface area contributed by atoms with Gasteiger partial charge >= 0.3 is 18.1 Å². The number of carbonyl (C=O) groups excluding carboxylic acids is 1. The van der Waals surface area contributed by atoms with Crippen molar-refractivity contribution < 1.29 is 35.9 Å². The lowest BCUT2D eigenvalue weighted by Gasteiger charge is -2.17. The smallest absolute Gasteiger partial charge is 0.461 e. The fourth-order valence-electron chi connectivity index (χ4n) is 1.11. The second-order valence-electron chi connectivity index (χ2n) is 3.20. The third-order valence-corrected chi connectivity index (χ3v) is 1.84. The molecule has 1 aromatic heterocycles. The number of aromatic nitrogens is 1. The number of aryl methyl sites for hydroxylation is 1. The minimum absolute atomic E-state index is 0.193. The monoisotopic (exact) mass is 273 g/mol. The number of alkyl halides is 5. The lowest BCUT2D eigenvalue weighted by atomic mass is 10.2. The van der Waals surface area contributed by atoms with Crippen LogP contribution in [0.2, 0.25) is 0 Å². The van der Waals surface area contributed by atoms with Gasteiger partial charge in [-0.25, -0.2) is 9.78 Å². The van der Waals surface area contributed by atoms with E-state index in [4.69, 9.17) is 0 Å². The topological polar surface area (TPSA) is 52.3 Å². The van der Waals surface area contributed by atoms with Gasteiger partial charge in [0.05, 0.1) is 6.61 Å². The van der Waals surface area contributed by atoms with Crippen molar-refractivity contribution in [1.82, 2.24) is 4.98 Å². The van der Waals surface area contributed by atoms with Gasteiger partial charge < -0.3 is 9.15 Å². The van der Waals surface area contributed by atoms with Crippen LogP contribution in [0.1, 0.15) is 29.1 Å². The molecule has 0 aliphatic heterocycles. The molecule has 0 atom stereocenters. The van der Waals surface area contributed by atoms with Gasteiger partial charge in [-0.1, -0.05) is 0 Å². The molecule has 9 heteroatoms. The zero-order valence-electron chi connectivity index (χ0n) is 9.27. The molecular weight excluding hydrogens is 265 g/mol. The Labute approximate surface area is 97.7 Å². The van der Waals surface area contributed by atoms with E-state index in [0.29, 0.717) is 0 Å². The van der Waals surface area contributed by atoms with Crippen LogP contribution in [-0.2, 0) is 10.7 Å². The van der Waals surface area contributed by atoms with Crippen molar-refractivity contribution in [2.75, 3.05) is 6.61 Å². The maximum atomic E-state index is 13.1. The number of nitrogens with zero attached hydrogens (tertiary/aromatic N) is 1. The summed E-state index contributed by atoms with van der Waals surface area (Å²) in [6.07, 6.45) is -5.89. The molecule has 1 aromatic rings. The standard InChI is InChI=1S/C9H8F5NO3/c1-3-17-7(16)5-6(18-4(2)15-5)8(10,11)9(12,13)14/h3H2,1-2H3. The number of ether oxygens (including phenoxy) is 1. The fourth-order valence-corrected chi connectivity index (χ4v) is 1.11. The molecule has 0 aliphatic rings. The maximum Gasteiger partial charge on any atom is 0.461 e. The SMILES string of the molecule is CCOC(=O)c1nc(C)oc1C(F)(F)C(F)(F)F. The number of hydrogen-bond acceptors (Lipinski definition) is 4. The summed E-state index contributed by atoms with van der Waals surface area (Å²) in [5.41, 5.74) is -1.17. The minimum atomic E-state index is -5.89. The first-order valence-electron chi connectivity index (χ1n) is 4.70. The van der Waals surface area contributed by atoms with Crippen molar-refractivity contribution in [3.8, 4) is 0 Å². The Kier molecular flexibility index (Phi) is 3.63. The second-order valence-corrected chi connectivity index (χ2v) is 3.20. The zero-order valence-corrected chi connectivity index (χ0v) is 9.27. The maximum absolute atomic E-state index is 13.1. The van der Waals surface area contributed by atoms with E-state index in [1.807, 2.05) is 0 Å². The van der Waals surface area contributed by atoms with E-state index in [0.717, 1.165) is 6.92 Å². The summed E-state index contributed by atoms with van der Waals surface area (Å²) in [6.45, 7) is 2.22. The molecule has 0 unspecified atom stereocenters. The highest BCUT2D eigenvalue weighted by Crippen LogP contribution is 2.45. The number of carbonyl (C=O) groups is 1.